The highest BCUT2D eigenvalue weighted by atomic mass is 15.0. The van der Waals surface area contributed by atoms with Crippen molar-refractivity contribution in [2.75, 3.05) is 0 Å². The van der Waals surface area contributed by atoms with Gasteiger partial charge in [-0.05, 0) is 99.1 Å². The van der Waals surface area contributed by atoms with Crippen molar-refractivity contribution in [3.63, 3.8) is 0 Å². The van der Waals surface area contributed by atoms with Gasteiger partial charge in [-0.2, -0.15) is 5.26 Å². The summed E-state index contributed by atoms with van der Waals surface area (Å²) in [6, 6.07) is 62.1. The van der Waals surface area contributed by atoms with Crippen molar-refractivity contribution < 1.29 is 0 Å². The maximum Gasteiger partial charge on any atom is 0.0992 e. The molecule has 0 radical (unpaired) electrons. The van der Waals surface area contributed by atoms with Crippen molar-refractivity contribution >= 4 is 21.8 Å². The van der Waals surface area contributed by atoms with Gasteiger partial charge in [0.15, 0.2) is 0 Å². The van der Waals surface area contributed by atoms with Crippen LogP contribution in [0.1, 0.15) is 5.56 Å². The van der Waals surface area contributed by atoms with Crippen molar-refractivity contribution in [2.24, 2.45) is 0 Å². The van der Waals surface area contributed by atoms with Gasteiger partial charge < -0.3 is 4.57 Å². The first-order valence-corrected chi connectivity index (χ1v) is 15.2. The van der Waals surface area contributed by atoms with Crippen LogP contribution in [0.5, 0.6) is 0 Å². The van der Waals surface area contributed by atoms with Crippen molar-refractivity contribution in [1.82, 2.24) is 4.57 Å². The maximum atomic E-state index is 10.2. The van der Waals surface area contributed by atoms with E-state index in [1.807, 2.05) is 24.3 Å². The molecule has 0 atom stereocenters. The van der Waals surface area contributed by atoms with Gasteiger partial charge in [0.1, 0.15) is 0 Å². The van der Waals surface area contributed by atoms with Crippen LogP contribution >= 0.6 is 0 Å². The lowest BCUT2D eigenvalue weighted by molar-refractivity contribution is 1.18. The zero-order valence-electron chi connectivity index (χ0n) is 24.6. The summed E-state index contributed by atoms with van der Waals surface area (Å²) in [7, 11) is 0. The van der Waals surface area contributed by atoms with Crippen molar-refractivity contribution in [2.45, 2.75) is 0 Å². The minimum absolute atomic E-state index is 0.627. The second-order valence-electron chi connectivity index (χ2n) is 11.4. The van der Waals surface area contributed by atoms with Crippen molar-refractivity contribution in [3.05, 3.63) is 175 Å². The highest BCUT2D eigenvalue weighted by Gasteiger charge is 2.15. The number of nitriles is 1. The molecule has 1 heterocycles. The molecule has 2 heteroatoms. The molecule has 0 aliphatic heterocycles. The molecule has 7 aromatic carbocycles. The summed E-state index contributed by atoms with van der Waals surface area (Å²) in [4.78, 5) is 0. The molecule has 0 unspecified atom stereocenters. The van der Waals surface area contributed by atoms with Crippen LogP contribution in [0, 0.1) is 11.3 Å². The van der Waals surface area contributed by atoms with E-state index in [2.05, 4.69) is 156 Å². The van der Waals surface area contributed by atoms with E-state index in [1.54, 1.807) is 0 Å². The summed E-state index contributed by atoms with van der Waals surface area (Å²) < 4.78 is 2.28. The predicted octanol–water partition coefficient (Wildman–Crippen LogP) is 11.3. The third-order valence-corrected chi connectivity index (χ3v) is 8.56. The van der Waals surface area contributed by atoms with E-state index in [0.29, 0.717) is 5.56 Å². The third kappa shape index (κ3) is 4.87. The van der Waals surface area contributed by atoms with Gasteiger partial charge in [0, 0.05) is 16.5 Å². The Balaban J connectivity index is 1.35. The molecule has 0 spiro atoms. The fourth-order valence-electron chi connectivity index (χ4n) is 6.44. The quantitative estimate of drug-likeness (QED) is 0.202. The molecule has 8 rings (SSSR count). The first-order valence-electron chi connectivity index (χ1n) is 15.2. The highest BCUT2D eigenvalue weighted by Crippen LogP contribution is 2.37. The summed E-state index contributed by atoms with van der Waals surface area (Å²) in [5.41, 5.74) is 12.8. The number of aromatic nitrogens is 1. The van der Waals surface area contributed by atoms with E-state index >= 15 is 0 Å². The van der Waals surface area contributed by atoms with Gasteiger partial charge >= 0.3 is 0 Å². The van der Waals surface area contributed by atoms with E-state index in [0.717, 1.165) is 50.1 Å². The van der Waals surface area contributed by atoms with Gasteiger partial charge in [-0.3, -0.25) is 0 Å². The van der Waals surface area contributed by atoms with Crippen LogP contribution in [0.15, 0.2) is 170 Å². The monoisotopic (exact) mass is 572 g/mol. The SMILES string of the molecule is N#Cc1cc(-c2cc(-c3ccccc3)cc(-c3cccc(-c4ccccc4)c3)c2)cc(-n2c3ccccc3c3ccccc32)c1. The number of para-hydroxylation sites is 2. The minimum atomic E-state index is 0.627. The van der Waals surface area contributed by atoms with E-state index in [9.17, 15) is 5.26 Å². The second-order valence-corrected chi connectivity index (χ2v) is 11.4. The second kappa shape index (κ2) is 11.2. The van der Waals surface area contributed by atoms with Crippen LogP contribution < -0.4 is 0 Å². The molecular formula is C43H28N2. The Kier molecular flexibility index (Phi) is 6.56. The summed E-state index contributed by atoms with van der Waals surface area (Å²) in [6.45, 7) is 0. The number of benzene rings is 7. The van der Waals surface area contributed by atoms with E-state index < -0.39 is 0 Å². The number of rotatable bonds is 5. The highest BCUT2D eigenvalue weighted by molar-refractivity contribution is 6.09. The fourth-order valence-corrected chi connectivity index (χ4v) is 6.44. The van der Waals surface area contributed by atoms with Crippen LogP contribution in [0.25, 0.3) is 72.0 Å². The Morgan fingerprint density at radius 3 is 1.38 bits per heavy atom. The molecule has 0 aliphatic rings. The standard InChI is InChI=1S/C43H28N2/c44-29-30-22-35(28-39(23-30)45-42-20-9-7-18-40(42)41-19-8-10-21-43(41)45)38-26-36(32-14-5-2-6-15-32)25-37(27-38)34-17-11-16-33(24-34)31-12-3-1-4-13-31/h1-28H. The first-order chi connectivity index (χ1) is 22.2. The summed E-state index contributed by atoms with van der Waals surface area (Å²) in [5, 5.41) is 12.6. The van der Waals surface area contributed by atoms with Crippen molar-refractivity contribution in [3.8, 4) is 56.3 Å². The third-order valence-electron chi connectivity index (χ3n) is 8.56. The Labute approximate surface area is 262 Å². The number of hydrogen-bond donors (Lipinski definition) is 0. The van der Waals surface area contributed by atoms with Gasteiger partial charge in [-0.25, -0.2) is 0 Å². The van der Waals surface area contributed by atoms with E-state index in [-0.39, 0.29) is 0 Å². The van der Waals surface area contributed by atoms with Crippen LogP contribution in [-0.2, 0) is 0 Å². The zero-order valence-corrected chi connectivity index (χ0v) is 24.6. The van der Waals surface area contributed by atoms with Gasteiger partial charge in [0.25, 0.3) is 0 Å². The van der Waals surface area contributed by atoms with Crippen LogP contribution in [0.3, 0.4) is 0 Å². The molecule has 1 aromatic heterocycles. The maximum absolute atomic E-state index is 10.2. The Morgan fingerprint density at radius 2 is 0.778 bits per heavy atom. The predicted molar refractivity (Wildman–Crippen MR) is 187 cm³/mol. The van der Waals surface area contributed by atoms with E-state index in [4.69, 9.17) is 0 Å². The first kappa shape index (κ1) is 26.5. The molecule has 45 heavy (non-hydrogen) atoms. The lowest BCUT2D eigenvalue weighted by Gasteiger charge is -2.15. The van der Waals surface area contributed by atoms with Crippen LogP contribution in [0.2, 0.25) is 0 Å². The number of hydrogen-bond acceptors (Lipinski definition) is 1. The summed E-state index contributed by atoms with van der Waals surface area (Å²) in [6.07, 6.45) is 0. The molecule has 0 amide bonds. The summed E-state index contributed by atoms with van der Waals surface area (Å²) in [5.74, 6) is 0. The van der Waals surface area contributed by atoms with Gasteiger partial charge in [0.2, 0.25) is 0 Å². The smallest absolute Gasteiger partial charge is 0.0992 e. The molecule has 8 aromatic rings. The normalized spacial score (nSPS) is 11.1. The lowest BCUT2D eigenvalue weighted by atomic mass is 9.91. The molecule has 0 bridgehead atoms. The average Bonchev–Trinajstić information content (AvgIpc) is 3.46. The van der Waals surface area contributed by atoms with Gasteiger partial charge in [0.05, 0.1) is 22.7 Å². The molecule has 2 nitrogen and oxygen atoms in total. The largest absolute Gasteiger partial charge is 0.309 e. The van der Waals surface area contributed by atoms with Gasteiger partial charge in [-0.1, -0.05) is 115 Å². The topological polar surface area (TPSA) is 28.7 Å². The Morgan fingerprint density at radius 1 is 0.356 bits per heavy atom. The molecule has 0 fully saturated rings. The molecular weight excluding hydrogens is 544 g/mol. The van der Waals surface area contributed by atoms with Crippen LogP contribution in [-0.4, -0.2) is 4.57 Å². The van der Waals surface area contributed by atoms with E-state index in [1.165, 1.54) is 21.9 Å². The minimum Gasteiger partial charge on any atom is -0.309 e. The molecule has 0 saturated heterocycles. The molecule has 210 valence electrons. The number of nitrogens with zero attached hydrogens (tertiary/aromatic N) is 2. The Hall–Kier alpha value is -6.17. The Bertz CT molecular complexity index is 2320. The lowest BCUT2D eigenvalue weighted by Crippen LogP contribution is -1.96. The fraction of sp³-hybridized carbons (Fsp3) is 0. The number of fused-ring (bicyclic) bond motifs is 3. The molecule has 0 N–H and O–H groups in total. The molecule has 0 aliphatic carbocycles. The molecule has 0 saturated carbocycles. The average molecular weight is 573 g/mol. The van der Waals surface area contributed by atoms with Gasteiger partial charge in [-0.15, -0.1) is 0 Å². The van der Waals surface area contributed by atoms with Crippen molar-refractivity contribution in [1.29, 1.82) is 5.26 Å². The zero-order chi connectivity index (χ0) is 30.2. The van der Waals surface area contributed by atoms with Crippen LogP contribution in [0.4, 0.5) is 0 Å². The summed E-state index contributed by atoms with van der Waals surface area (Å²) >= 11 is 0.